The van der Waals surface area contributed by atoms with Gasteiger partial charge in [0.05, 0.1) is 5.69 Å². The topological polar surface area (TPSA) is 55.1 Å². The van der Waals surface area contributed by atoms with Crippen LogP contribution >= 0.6 is 0 Å². The van der Waals surface area contributed by atoms with Gasteiger partial charge < -0.3 is 5.11 Å². The Labute approximate surface area is 89.9 Å². The van der Waals surface area contributed by atoms with Crippen LogP contribution in [-0.4, -0.2) is 20.9 Å². The molecule has 0 aromatic carbocycles. The van der Waals surface area contributed by atoms with Gasteiger partial charge in [0.15, 0.2) is 0 Å². The predicted molar refractivity (Wildman–Crippen MR) is 57.7 cm³/mol. The quantitative estimate of drug-likeness (QED) is 0.809. The highest BCUT2D eigenvalue weighted by Gasteiger charge is 2.26. The highest BCUT2D eigenvalue weighted by molar-refractivity contribution is 5.75. The summed E-state index contributed by atoms with van der Waals surface area (Å²) in [7, 11) is 0. The first kappa shape index (κ1) is 11.8. The minimum absolute atomic E-state index is 0.0785. The van der Waals surface area contributed by atoms with Gasteiger partial charge in [-0.15, -0.1) is 0 Å². The van der Waals surface area contributed by atoms with Crippen molar-refractivity contribution in [3.8, 4) is 0 Å². The number of aliphatic carboxylic acids is 1. The summed E-state index contributed by atoms with van der Waals surface area (Å²) in [5.41, 5.74) is 0.805. The SMILES string of the molecule is CCCn1nccc1C(C(=O)O)C(C)C. The second kappa shape index (κ2) is 4.96. The van der Waals surface area contributed by atoms with E-state index in [0.29, 0.717) is 0 Å². The molecule has 0 bridgehead atoms. The zero-order chi connectivity index (χ0) is 11.4. The van der Waals surface area contributed by atoms with Crippen LogP contribution < -0.4 is 0 Å². The molecule has 15 heavy (non-hydrogen) atoms. The summed E-state index contributed by atoms with van der Waals surface area (Å²) in [4.78, 5) is 11.2. The fraction of sp³-hybridized carbons (Fsp3) is 0.636. The molecule has 0 aliphatic carbocycles. The number of aromatic nitrogens is 2. The van der Waals surface area contributed by atoms with E-state index in [-0.39, 0.29) is 5.92 Å². The Morgan fingerprint density at radius 3 is 2.73 bits per heavy atom. The van der Waals surface area contributed by atoms with Crippen molar-refractivity contribution < 1.29 is 9.90 Å². The Morgan fingerprint density at radius 1 is 1.60 bits per heavy atom. The molecule has 1 N–H and O–H groups in total. The van der Waals surface area contributed by atoms with Gasteiger partial charge in [0.2, 0.25) is 0 Å². The van der Waals surface area contributed by atoms with Crippen LogP contribution in [0.4, 0.5) is 0 Å². The molecule has 0 amide bonds. The van der Waals surface area contributed by atoms with E-state index in [1.165, 1.54) is 0 Å². The van der Waals surface area contributed by atoms with E-state index in [9.17, 15) is 4.79 Å². The molecule has 0 fully saturated rings. The standard InChI is InChI=1S/C11H18N2O2/c1-4-7-13-9(5-6-12-13)10(8(2)3)11(14)15/h5-6,8,10H,4,7H2,1-3H3,(H,14,15). The van der Waals surface area contributed by atoms with E-state index < -0.39 is 11.9 Å². The summed E-state index contributed by atoms with van der Waals surface area (Å²) in [6.07, 6.45) is 2.63. The van der Waals surface area contributed by atoms with Crippen LogP contribution in [-0.2, 0) is 11.3 Å². The average molecular weight is 210 g/mol. The number of hydrogen-bond acceptors (Lipinski definition) is 2. The van der Waals surface area contributed by atoms with Gasteiger partial charge >= 0.3 is 5.97 Å². The van der Waals surface area contributed by atoms with Crippen LogP contribution in [0.2, 0.25) is 0 Å². The fourth-order valence-electron chi connectivity index (χ4n) is 1.76. The number of rotatable bonds is 5. The minimum atomic E-state index is -0.775. The van der Waals surface area contributed by atoms with Gasteiger partial charge in [-0.25, -0.2) is 0 Å². The van der Waals surface area contributed by atoms with Crippen LogP contribution in [0.3, 0.4) is 0 Å². The molecule has 0 spiro atoms. The van der Waals surface area contributed by atoms with Crippen LogP contribution in [0.1, 0.15) is 38.8 Å². The lowest BCUT2D eigenvalue weighted by atomic mass is 9.92. The summed E-state index contributed by atoms with van der Waals surface area (Å²) in [6.45, 7) is 6.67. The molecule has 0 radical (unpaired) electrons. The molecule has 4 heteroatoms. The first-order chi connectivity index (χ1) is 7.07. The zero-order valence-corrected chi connectivity index (χ0v) is 9.47. The third kappa shape index (κ3) is 2.58. The van der Waals surface area contributed by atoms with Gasteiger partial charge in [0.1, 0.15) is 5.92 Å². The molecular formula is C11H18N2O2. The number of aryl methyl sites for hydroxylation is 1. The third-order valence-corrected chi connectivity index (χ3v) is 2.44. The van der Waals surface area contributed by atoms with Crippen molar-refractivity contribution in [3.05, 3.63) is 18.0 Å². The van der Waals surface area contributed by atoms with E-state index >= 15 is 0 Å². The van der Waals surface area contributed by atoms with Crippen molar-refractivity contribution >= 4 is 5.97 Å². The molecule has 1 unspecified atom stereocenters. The van der Waals surface area contributed by atoms with Gasteiger partial charge in [-0.3, -0.25) is 9.48 Å². The van der Waals surface area contributed by atoms with E-state index in [0.717, 1.165) is 18.7 Å². The Balaban J connectivity index is 3.00. The maximum Gasteiger partial charge on any atom is 0.312 e. The third-order valence-electron chi connectivity index (χ3n) is 2.44. The fourth-order valence-corrected chi connectivity index (χ4v) is 1.76. The zero-order valence-electron chi connectivity index (χ0n) is 9.47. The Bertz CT molecular complexity index is 331. The summed E-state index contributed by atoms with van der Waals surface area (Å²) in [6, 6.07) is 1.80. The monoisotopic (exact) mass is 210 g/mol. The molecule has 84 valence electrons. The molecule has 1 aromatic heterocycles. The highest BCUT2D eigenvalue weighted by Crippen LogP contribution is 2.24. The largest absolute Gasteiger partial charge is 0.481 e. The van der Waals surface area contributed by atoms with Gasteiger partial charge in [0.25, 0.3) is 0 Å². The summed E-state index contributed by atoms with van der Waals surface area (Å²) in [5.74, 6) is -1.16. The highest BCUT2D eigenvalue weighted by atomic mass is 16.4. The molecule has 0 aliphatic rings. The van der Waals surface area contributed by atoms with Gasteiger partial charge in [0, 0.05) is 12.7 Å². The predicted octanol–water partition coefficient (Wildman–Crippen LogP) is 2.12. The number of carboxylic acids is 1. The van der Waals surface area contributed by atoms with E-state index in [4.69, 9.17) is 5.11 Å². The normalized spacial score (nSPS) is 13.1. The Hall–Kier alpha value is -1.32. The summed E-state index contributed by atoms with van der Waals surface area (Å²) in [5, 5.41) is 13.3. The number of nitrogens with zero attached hydrogens (tertiary/aromatic N) is 2. The van der Waals surface area contributed by atoms with E-state index in [1.807, 2.05) is 13.8 Å². The molecule has 0 saturated heterocycles. The summed E-state index contributed by atoms with van der Waals surface area (Å²) >= 11 is 0. The smallest absolute Gasteiger partial charge is 0.312 e. The summed E-state index contributed by atoms with van der Waals surface area (Å²) < 4.78 is 1.79. The van der Waals surface area contributed by atoms with Crippen molar-refractivity contribution in [2.24, 2.45) is 5.92 Å². The average Bonchev–Trinajstić information content (AvgIpc) is 2.53. The van der Waals surface area contributed by atoms with E-state index in [1.54, 1.807) is 16.9 Å². The molecular weight excluding hydrogens is 192 g/mol. The van der Waals surface area contributed by atoms with Crippen molar-refractivity contribution in [2.75, 3.05) is 0 Å². The van der Waals surface area contributed by atoms with Crippen LogP contribution in [0.15, 0.2) is 12.3 Å². The van der Waals surface area contributed by atoms with Crippen LogP contribution in [0, 0.1) is 5.92 Å². The van der Waals surface area contributed by atoms with Crippen molar-refractivity contribution in [1.29, 1.82) is 0 Å². The second-order valence-electron chi connectivity index (χ2n) is 4.04. The maximum absolute atomic E-state index is 11.2. The molecule has 0 saturated carbocycles. The first-order valence-electron chi connectivity index (χ1n) is 5.32. The van der Waals surface area contributed by atoms with Crippen LogP contribution in [0.25, 0.3) is 0 Å². The molecule has 1 rings (SSSR count). The van der Waals surface area contributed by atoms with Crippen LogP contribution in [0.5, 0.6) is 0 Å². The van der Waals surface area contributed by atoms with Gasteiger partial charge in [-0.2, -0.15) is 5.10 Å². The number of hydrogen-bond donors (Lipinski definition) is 1. The lowest BCUT2D eigenvalue weighted by Crippen LogP contribution is -2.21. The minimum Gasteiger partial charge on any atom is -0.481 e. The molecule has 1 atom stereocenters. The maximum atomic E-state index is 11.2. The molecule has 1 aromatic rings. The van der Waals surface area contributed by atoms with Gasteiger partial charge in [-0.1, -0.05) is 20.8 Å². The Kier molecular flexibility index (Phi) is 3.88. The molecule has 0 aliphatic heterocycles. The second-order valence-corrected chi connectivity index (χ2v) is 4.04. The lowest BCUT2D eigenvalue weighted by molar-refractivity contribution is -0.140. The number of carbonyl (C=O) groups is 1. The van der Waals surface area contributed by atoms with Gasteiger partial charge in [-0.05, 0) is 18.4 Å². The Morgan fingerprint density at radius 2 is 2.27 bits per heavy atom. The number of carboxylic acid groups (broad SMARTS) is 1. The first-order valence-corrected chi connectivity index (χ1v) is 5.32. The van der Waals surface area contributed by atoms with E-state index in [2.05, 4.69) is 12.0 Å². The van der Waals surface area contributed by atoms with Crippen molar-refractivity contribution in [1.82, 2.24) is 9.78 Å². The molecule has 1 heterocycles. The lowest BCUT2D eigenvalue weighted by Gasteiger charge is -2.17. The van der Waals surface area contributed by atoms with Crippen molar-refractivity contribution in [2.45, 2.75) is 39.7 Å². The van der Waals surface area contributed by atoms with Crippen molar-refractivity contribution in [3.63, 3.8) is 0 Å². The molecule has 4 nitrogen and oxygen atoms in total.